The van der Waals surface area contributed by atoms with Gasteiger partial charge in [0.1, 0.15) is 5.65 Å². The normalized spacial score (nSPS) is 23.4. The SMILES string of the molecule is Clc1ccc(-c2nc3ccccn3c2CN2CC3CNCC3C2)cc1. The molecule has 2 aromatic heterocycles. The van der Waals surface area contributed by atoms with Crippen LogP contribution in [-0.2, 0) is 6.54 Å². The van der Waals surface area contributed by atoms with Crippen molar-refractivity contribution in [2.45, 2.75) is 6.54 Å². The van der Waals surface area contributed by atoms with Gasteiger partial charge in [0.05, 0.1) is 11.4 Å². The van der Waals surface area contributed by atoms with Crippen LogP contribution in [0.3, 0.4) is 0 Å². The second kappa shape index (κ2) is 6.13. The third-order valence-electron chi connectivity index (χ3n) is 5.59. The highest BCUT2D eigenvalue weighted by atomic mass is 35.5. The molecule has 2 unspecified atom stereocenters. The zero-order valence-corrected chi connectivity index (χ0v) is 14.8. The Kier molecular flexibility index (Phi) is 3.77. The lowest BCUT2D eigenvalue weighted by Gasteiger charge is -2.17. The number of likely N-dealkylation sites (tertiary alicyclic amines) is 1. The van der Waals surface area contributed by atoms with E-state index in [0.29, 0.717) is 0 Å². The van der Waals surface area contributed by atoms with Gasteiger partial charge in [-0.1, -0.05) is 29.8 Å². The molecule has 0 amide bonds. The van der Waals surface area contributed by atoms with Gasteiger partial charge in [-0.3, -0.25) is 4.90 Å². The molecule has 2 atom stereocenters. The summed E-state index contributed by atoms with van der Waals surface area (Å²) >= 11 is 6.07. The van der Waals surface area contributed by atoms with Gasteiger partial charge in [-0.15, -0.1) is 0 Å². The minimum absolute atomic E-state index is 0.758. The van der Waals surface area contributed by atoms with Crippen LogP contribution in [0.15, 0.2) is 48.7 Å². The van der Waals surface area contributed by atoms with E-state index in [-0.39, 0.29) is 0 Å². The number of halogens is 1. The van der Waals surface area contributed by atoms with Crippen LogP contribution in [-0.4, -0.2) is 40.5 Å². The Morgan fingerprint density at radius 3 is 2.56 bits per heavy atom. The van der Waals surface area contributed by atoms with Crippen molar-refractivity contribution >= 4 is 17.2 Å². The molecule has 2 aliphatic rings. The van der Waals surface area contributed by atoms with E-state index in [1.165, 1.54) is 31.9 Å². The van der Waals surface area contributed by atoms with Gasteiger partial charge in [0.25, 0.3) is 0 Å². The number of pyridine rings is 1. The molecule has 5 heteroatoms. The molecule has 1 N–H and O–H groups in total. The van der Waals surface area contributed by atoms with Gasteiger partial charge < -0.3 is 9.72 Å². The third kappa shape index (κ3) is 2.74. The number of fused-ring (bicyclic) bond motifs is 2. The first kappa shape index (κ1) is 15.4. The molecule has 4 heterocycles. The van der Waals surface area contributed by atoms with Crippen molar-refractivity contribution in [3.63, 3.8) is 0 Å². The highest BCUT2D eigenvalue weighted by Crippen LogP contribution is 2.31. The number of rotatable bonds is 3. The number of hydrogen-bond acceptors (Lipinski definition) is 3. The van der Waals surface area contributed by atoms with E-state index >= 15 is 0 Å². The number of nitrogens with one attached hydrogen (secondary N) is 1. The third-order valence-corrected chi connectivity index (χ3v) is 5.84. The highest BCUT2D eigenvalue weighted by Gasteiger charge is 2.36. The summed E-state index contributed by atoms with van der Waals surface area (Å²) in [6.07, 6.45) is 2.12. The maximum absolute atomic E-state index is 6.07. The fourth-order valence-electron chi connectivity index (χ4n) is 4.33. The van der Waals surface area contributed by atoms with E-state index in [1.54, 1.807) is 0 Å². The van der Waals surface area contributed by atoms with Gasteiger partial charge in [-0.25, -0.2) is 4.98 Å². The molecule has 1 aromatic carbocycles. The molecule has 2 aliphatic heterocycles. The topological polar surface area (TPSA) is 32.6 Å². The van der Waals surface area contributed by atoms with Gasteiger partial charge >= 0.3 is 0 Å². The molecule has 128 valence electrons. The molecule has 3 aromatic rings. The maximum Gasteiger partial charge on any atom is 0.137 e. The zero-order valence-electron chi connectivity index (χ0n) is 14.0. The van der Waals surface area contributed by atoms with Crippen molar-refractivity contribution in [1.82, 2.24) is 19.6 Å². The van der Waals surface area contributed by atoms with E-state index in [4.69, 9.17) is 16.6 Å². The van der Waals surface area contributed by atoms with Gasteiger partial charge in [-0.2, -0.15) is 0 Å². The zero-order chi connectivity index (χ0) is 16.8. The van der Waals surface area contributed by atoms with Crippen molar-refractivity contribution in [3.05, 3.63) is 59.4 Å². The molecule has 2 fully saturated rings. The molecule has 0 saturated carbocycles. The Balaban J connectivity index is 1.54. The minimum Gasteiger partial charge on any atom is -0.316 e. The van der Waals surface area contributed by atoms with Gasteiger partial charge in [0.2, 0.25) is 0 Å². The minimum atomic E-state index is 0.758. The number of hydrogen-bond donors (Lipinski definition) is 1. The Bertz CT molecular complexity index is 890. The van der Waals surface area contributed by atoms with Crippen LogP contribution >= 0.6 is 11.6 Å². The summed E-state index contributed by atoms with van der Waals surface area (Å²) in [5.74, 6) is 1.61. The maximum atomic E-state index is 6.07. The predicted molar refractivity (Wildman–Crippen MR) is 101 cm³/mol. The van der Waals surface area contributed by atoms with E-state index in [9.17, 15) is 0 Å². The summed E-state index contributed by atoms with van der Waals surface area (Å²) in [5.41, 5.74) is 4.47. The standard InChI is InChI=1S/C20H21ClN4/c21-17-6-4-14(5-7-17)20-18(25-8-2-1-3-19(25)23-20)13-24-11-15-9-22-10-16(15)12-24/h1-8,15-16,22H,9-13H2. The quantitative estimate of drug-likeness (QED) is 0.785. The second-order valence-corrected chi connectivity index (χ2v) is 7.65. The number of benzene rings is 1. The van der Waals surface area contributed by atoms with Crippen LogP contribution in [0.25, 0.3) is 16.9 Å². The summed E-state index contributed by atoms with van der Waals surface area (Å²) < 4.78 is 2.23. The monoisotopic (exact) mass is 352 g/mol. The fraction of sp³-hybridized carbons (Fsp3) is 0.350. The van der Waals surface area contributed by atoms with E-state index in [2.05, 4.69) is 45.1 Å². The Hall–Kier alpha value is -1.88. The Morgan fingerprint density at radius 2 is 1.80 bits per heavy atom. The van der Waals surface area contributed by atoms with Crippen molar-refractivity contribution in [3.8, 4) is 11.3 Å². The van der Waals surface area contributed by atoms with Gasteiger partial charge in [0, 0.05) is 36.4 Å². The molecular formula is C20H21ClN4. The molecular weight excluding hydrogens is 332 g/mol. The molecule has 5 rings (SSSR count). The summed E-state index contributed by atoms with van der Waals surface area (Å²) in [5, 5.41) is 4.28. The van der Waals surface area contributed by atoms with Crippen LogP contribution < -0.4 is 5.32 Å². The molecule has 0 bridgehead atoms. The average molecular weight is 353 g/mol. The second-order valence-electron chi connectivity index (χ2n) is 7.22. The first-order chi connectivity index (χ1) is 12.3. The molecule has 0 aliphatic carbocycles. The fourth-order valence-corrected chi connectivity index (χ4v) is 4.46. The molecule has 2 saturated heterocycles. The van der Waals surface area contributed by atoms with Crippen LogP contribution in [0.2, 0.25) is 5.02 Å². The first-order valence-electron chi connectivity index (χ1n) is 8.93. The predicted octanol–water partition coefficient (Wildman–Crippen LogP) is 3.31. The van der Waals surface area contributed by atoms with Crippen molar-refractivity contribution < 1.29 is 0 Å². The Morgan fingerprint density at radius 1 is 1.04 bits per heavy atom. The van der Waals surface area contributed by atoms with Crippen molar-refractivity contribution in [2.24, 2.45) is 11.8 Å². The number of nitrogens with zero attached hydrogens (tertiary/aromatic N) is 3. The smallest absolute Gasteiger partial charge is 0.137 e. The van der Waals surface area contributed by atoms with Gasteiger partial charge in [0.15, 0.2) is 0 Å². The summed E-state index contributed by atoms with van der Waals surface area (Å²) in [6.45, 7) is 5.63. The van der Waals surface area contributed by atoms with Crippen molar-refractivity contribution in [1.29, 1.82) is 0 Å². The largest absolute Gasteiger partial charge is 0.316 e. The van der Waals surface area contributed by atoms with Crippen LogP contribution in [0.4, 0.5) is 0 Å². The van der Waals surface area contributed by atoms with E-state index in [1.807, 2.05) is 18.2 Å². The van der Waals surface area contributed by atoms with Crippen LogP contribution in [0.5, 0.6) is 0 Å². The molecule has 25 heavy (non-hydrogen) atoms. The molecule has 0 radical (unpaired) electrons. The summed E-state index contributed by atoms with van der Waals surface area (Å²) in [7, 11) is 0. The van der Waals surface area contributed by atoms with E-state index in [0.717, 1.165) is 40.3 Å². The average Bonchev–Trinajstić information content (AvgIpc) is 3.30. The number of aromatic nitrogens is 2. The van der Waals surface area contributed by atoms with E-state index < -0.39 is 0 Å². The summed E-state index contributed by atoms with van der Waals surface area (Å²) in [4.78, 5) is 7.50. The Labute approximate surface area is 152 Å². The van der Waals surface area contributed by atoms with Gasteiger partial charge in [-0.05, 0) is 49.2 Å². The molecule has 0 spiro atoms. The van der Waals surface area contributed by atoms with Crippen LogP contribution in [0, 0.1) is 11.8 Å². The number of imidazole rings is 1. The van der Waals surface area contributed by atoms with Crippen LogP contribution in [0.1, 0.15) is 5.69 Å². The van der Waals surface area contributed by atoms with Crippen molar-refractivity contribution in [2.75, 3.05) is 26.2 Å². The lowest BCUT2D eigenvalue weighted by atomic mass is 10.0. The lowest BCUT2D eigenvalue weighted by molar-refractivity contribution is 0.301. The lowest BCUT2D eigenvalue weighted by Crippen LogP contribution is -2.26. The highest BCUT2D eigenvalue weighted by molar-refractivity contribution is 6.30. The first-order valence-corrected chi connectivity index (χ1v) is 9.31. The molecule has 4 nitrogen and oxygen atoms in total. The summed E-state index contributed by atoms with van der Waals surface area (Å²) in [6, 6.07) is 14.2.